The monoisotopic (exact) mass is 255 g/mol. The van der Waals surface area contributed by atoms with E-state index in [4.69, 9.17) is 0 Å². The van der Waals surface area contributed by atoms with Crippen molar-refractivity contribution in [3.63, 3.8) is 0 Å². The van der Waals surface area contributed by atoms with E-state index >= 15 is 0 Å². The summed E-state index contributed by atoms with van der Waals surface area (Å²) in [7, 11) is 0. The Balaban J connectivity index is 2.59. The van der Waals surface area contributed by atoms with E-state index < -0.39 is 11.6 Å². The molecule has 5 heteroatoms. The Labute approximate surface area is 109 Å². The number of hydrogen-bond donors (Lipinski definition) is 3. The average Bonchev–Trinajstić information content (AvgIpc) is 2.79. The Morgan fingerprint density at radius 3 is 2.61 bits per heavy atom. The summed E-state index contributed by atoms with van der Waals surface area (Å²) in [6.45, 7) is 7.11. The van der Waals surface area contributed by atoms with Crippen LogP contribution in [0.3, 0.4) is 0 Å². The number of nitrogens with one attached hydrogen (secondary N) is 3. The van der Waals surface area contributed by atoms with E-state index in [1.807, 2.05) is 6.92 Å². The van der Waals surface area contributed by atoms with E-state index in [0.717, 1.165) is 32.2 Å². The van der Waals surface area contributed by atoms with Crippen LogP contribution in [0, 0.1) is 0 Å². The molecular formula is C13H25N3O2. The first-order valence-corrected chi connectivity index (χ1v) is 6.89. The second-order valence-electron chi connectivity index (χ2n) is 4.95. The van der Waals surface area contributed by atoms with E-state index in [0.29, 0.717) is 6.54 Å². The minimum atomic E-state index is -0.478. The van der Waals surface area contributed by atoms with Gasteiger partial charge in [0, 0.05) is 6.54 Å². The maximum absolute atomic E-state index is 12.3. The molecule has 1 aliphatic rings. The van der Waals surface area contributed by atoms with Gasteiger partial charge >= 0.3 is 0 Å². The van der Waals surface area contributed by atoms with Gasteiger partial charge in [0.05, 0.1) is 5.54 Å². The Hall–Kier alpha value is -1.10. The summed E-state index contributed by atoms with van der Waals surface area (Å²) in [4.78, 5) is 23.9. The van der Waals surface area contributed by atoms with Crippen LogP contribution >= 0.6 is 0 Å². The molecule has 1 aliphatic heterocycles. The molecule has 0 bridgehead atoms. The number of rotatable bonds is 6. The van der Waals surface area contributed by atoms with Crippen LogP contribution < -0.4 is 16.0 Å². The molecule has 3 N–H and O–H groups in total. The maximum Gasteiger partial charge on any atom is 0.242 e. The molecule has 1 saturated heterocycles. The molecule has 1 fully saturated rings. The van der Waals surface area contributed by atoms with Gasteiger partial charge in [-0.15, -0.1) is 0 Å². The normalized spacial score (nSPS) is 24.6. The first kappa shape index (κ1) is 15.0. The highest BCUT2D eigenvalue weighted by molar-refractivity contribution is 5.92. The highest BCUT2D eigenvalue weighted by Crippen LogP contribution is 2.25. The van der Waals surface area contributed by atoms with Gasteiger partial charge in [-0.2, -0.15) is 0 Å². The molecule has 104 valence electrons. The smallest absolute Gasteiger partial charge is 0.242 e. The van der Waals surface area contributed by atoms with Crippen LogP contribution in [0.4, 0.5) is 0 Å². The van der Waals surface area contributed by atoms with Gasteiger partial charge in [0.1, 0.15) is 6.04 Å². The van der Waals surface area contributed by atoms with Crippen molar-refractivity contribution in [3.05, 3.63) is 0 Å². The van der Waals surface area contributed by atoms with Crippen LogP contribution in [0.15, 0.2) is 0 Å². The number of carbonyl (C=O) groups excluding carboxylic acids is 2. The molecule has 1 heterocycles. The lowest BCUT2D eigenvalue weighted by atomic mass is 9.90. The molecule has 0 aromatic heterocycles. The summed E-state index contributed by atoms with van der Waals surface area (Å²) in [6.07, 6.45) is 3.65. The third-order valence-corrected chi connectivity index (χ3v) is 3.45. The standard InChI is InChI=1S/C13H25N3O2/c1-4-7-13(8-6-9-15-13)12(18)16-10(3)11(17)14-5-2/h10,15H,4-9H2,1-3H3,(H,14,17)(H,16,18). The van der Waals surface area contributed by atoms with E-state index in [1.165, 1.54) is 0 Å². The van der Waals surface area contributed by atoms with Crippen molar-refractivity contribution in [2.75, 3.05) is 13.1 Å². The molecule has 1 rings (SSSR count). The number of likely N-dealkylation sites (N-methyl/N-ethyl adjacent to an activating group) is 1. The molecule has 0 spiro atoms. The second-order valence-corrected chi connectivity index (χ2v) is 4.95. The summed E-state index contributed by atoms with van der Waals surface area (Å²) in [5.74, 6) is -0.170. The van der Waals surface area contributed by atoms with E-state index in [9.17, 15) is 9.59 Å². The average molecular weight is 255 g/mol. The van der Waals surface area contributed by atoms with Crippen LogP contribution in [0.2, 0.25) is 0 Å². The number of amides is 2. The van der Waals surface area contributed by atoms with E-state index in [-0.39, 0.29) is 11.8 Å². The Bertz CT molecular complexity index is 299. The fraction of sp³-hybridized carbons (Fsp3) is 0.846. The molecule has 0 radical (unpaired) electrons. The molecule has 2 amide bonds. The van der Waals surface area contributed by atoms with Gasteiger partial charge in [-0.3, -0.25) is 9.59 Å². The van der Waals surface area contributed by atoms with Gasteiger partial charge in [-0.25, -0.2) is 0 Å². The van der Waals surface area contributed by atoms with Crippen LogP contribution in [0.25, 0.3) is 0 Å². The Morgan fingerprint density at radius 2 is 2.11 bits per heavy atom. The SMILES string of the molecule is CCCC1(C(=O)NC(C)C(=O)NCC)CCCN1. The summed E-state index contributed by atoms with van der Waals surface area (Å²) < 4.78 is 0. The highest BCUT2D eigenvalue weighted by atomic mass is 16.2. The zero-order valence-electron chi connectivity index (χ0n) is 11.6. The fourth-order valence-corrected chi connectivity index (χ4v) is 2.48. The summed E-state index contributed by atoms with van der Waals surface area (Å²) in [5, 5.41) is 8.83. The first-order valence-electron chi connectivity index (χ1n) is 6.89. The fourth-order valence-electron chi connectivity index (χ4n) is 2.48. The molecule has 0 aromatic carbocycles. The molecule has 18 heavy (non-hydrogen) atoms. The maximum atomic E-state index is 12.3. The van der Waals surface area contributed by atoms with Crippen LogP contribution in [-0.4, -0.2) is 36.5 Å². The van der Waals surface area contributed by atoms with Gasteiger partial charge in [0.15, 0.2) is 0 Å². The van der Waals surface area contributed by atoms with Gasteiger partial charge < -0.3 is 16.0 Å². The van der Waals surface area contributed by atoms with Gasteiger partial charge in [0.25, 0.3) is 0 Å². The predicted octanol–water partition coefficient (Wildman–Crippen LogP) is 0.550. The van der Waals surface area contributed by atoms with Gasteiger partial charge in [-0.05, 0) is 39.7 Å². The minimum Gasteiger partial charge on any atom is -0.355 e. The molecule has 2 unspecified atom stereocenters. The number of carbonyl (C=O) groups is 2. The summed E-state index contributed by atoms with van der Waals surface area (Å²) in [6, 6.07) is -0.478. The first-order chi connectivity index (χ1) is 8.55. The van der Waals surface area contributed by atoms with E-state index in [2.05, 4.69) is 22.9 Å². The number of hydrogen-bond acceptors (Lipinski definition) is 3. The van der Waals surface area contributed by atoms with Crippen LogP contribution in [0.1, 0.15) is 46.5 Å². The van der Waals surface area contributed by atoms with Crippen molar-refractivity contribution in [2.24, 2.45) is 0 Å². The molecule has 0 saturated carbocycles. The van der Waals surface area contributed by atoms with Gasteiger partial charge in [0.2, 0.25) is 11.8 Å². The lowest BCUT2D eigenvalue weighted by molar-refractivity contribution is -0.132. The topological polar surface area (TPSA) is 70.2 Å². The predicted molar refractivity (Wildman–Crippen MR) is 71.2 cm³/mol. The largest absolute Gasteiger partial charge is 0.355 e. The Morgan fingerprint density at radius 1 is 1.39 bits per heavy atom. The van der Waals surface area contributed by atoms with Crippen LogP contribution in [-0.2, 0) is 9.59 Å². The molecule has 0 aromatic rings. The third kappa shape index (κ3) is 3.45. The van der Waals surface area contributed by atoms with Crippen LogP contribution in [0.5, 0.6) is 0 Å². The van der Waals surface area contributed by atoms with E-state index in [1.54, 1.807) is 6.92 Å². The van der Waals surface area contributed by atoms with Crippen molar-refractivity contribution >= 4 is 11.8 Å². The Kier molecular flexibility index (Phi) is 5.59. The zero-order chi connectivity index (χ0) is 13.6. The second kappa shape index (κ2) is 6.73. The minimum absolute atomic E-state index is 0.0411. The lowest BCUT2D eigenvalue weighted by Gasteiger charge is -2.29. The van der Waals surface area contributed by atoms with Crippen molar-refractivity contribution in [1.29, 1.82) is 0 Å². The van der Waals surface area contributed by atoms with Crippen molar-refractivity contribution in [2.45, 2.75) is 58.0 Å². The summed E-state index contributed by atoms with van der Waals surface area (Å²) in [5.41, 5.74) is -0.463. The zero-order valence-corrected chi connectivity index (χ0v) is 11.6. The summed E-state index contributed by atoms with van der Waals surface area (Å²) >= 11 is 0. The molecule has 2 atom stereocenters. The van der Waals surface area contributed by atoms with Gasteiger partial charge in [-0.1, -0.05) is 13.3 Å². The third-order valence-electron chi connectivity index (χ3n) is 3.45. The molecular weight excluding hydrogens is 230 g/mol. The lowest BCUT2D eigenvalue weighted by Crippen LogP contribution is -2.57. The van der Waals surface area contributed by atoms with Crippen molar-refractivity contribution < 1.29 is 9.59 Å². The quantitative estimate of drug-likeness (QED) is 0.649. The molecule has 0 aliphatic carbocycles. The van der Waals surface area contributed by atoms with Crippen molar-refractivity contribution in [1.82, 2.24) is 16.0 Å². The molecule has 5 nitrogen and oxygen atoms in total. The highest BCUT2D eigenvalue weighted by Gasteiger charge is 2.40. The van der Waals surface area contributed by atoms with Crippen molar-refractivity contribution in [3.8, 4) is 0 Å².